The van der Waals surface area contributed by atoms with E-state index in [9.17, 15) is 18.3 Å². The highest BCUT2D eigenvalue weighted by Crippen LogP contribution is 2.26. The van der Waals surface area contributed by atoms with Crippen LogP contribution in [0.25, 0.3) is 0 Å². The van der Waals surface area contributed by atoms with E-state index in [0.29, 0.717) is 17.9 Å². The number of hydrogen-bond acceptors (Lipinski definition) is 2. The Morgan fingerprint density at radius 2 is 1.55 bits per heavy atom. The maximum absolute atomic E-state index is 13.1. The van der Waals surface area contributed by atoms with Crippen LogP contribution in [-0.4, -0.2) is 11.7 Å². The predicted molar refractivity (Wildman–Crippen MR) is 68.0 cm³/mol. The first-order valence-electron chi connectivity index (χ1n) is 6.08. The minimum Gasteiger partial charge on any atom is -0.494 e. The summed E-state index contributed by atoms with van der Waals surface area (Å²) in [5, 5.41) is 10.1. The molecule has 0 bridgehead atoms. The van der Waals surface area contributed by atoms with Crippen LogP contribution in [0.5, 0.6) is 5.75 Å². The fraction of sp³-hybridized carbons (Fsp3) is 0.200. The Morgan fingerprint density at radius 3 is 2.05 bits per heavy atom. The van der Waals surface area contributed by atoms with E-state index in [2.05, 4.69) is 0 Å². The van der Waals surface area contributed by atoms with Crippen LogP contribution in [0, 0.1) is 17.5 Å². The van der Waals surface area contributed by atoms with Crippen molar-refractivity contribution in [3.05, 3.63) is 65.0 Å². The lowest BCUT2D eigenvalue weighted by atomic mass is 10.0. The molecule has 0 aliphatic heterocycles. The maximum atomic E-state index is 13.1. The molecule has 106 valence electrons. The van der Waals surface area contributed by atoms with Gasteiger partial charge in [-0.15, -0.1) is 0 Å². The maximum Gasteiger partial charge on any atom is 0.194 e. The van der Waals surface area contributed by atoms with Crippen LogP contribution in [0.2, 0.25) is 0 Å². The molecule has 2 aromatic carbocycles. The average Bonchev–Trinajstić information content (AvgIpc) is 2.44. The standard InChI is InChI=1S/C15H13F3O2/c1-2-20-11-5-3-9(4-6-11)15(19)10-7-12(16)14(18)13(17)8-10/h3-8,15,19H,2H2,1H3. The zero-order valence-electron chi connectivity index (χ0n) is 10.7. The number of aliphatic hydroxyl groups is 1. The molecule has 0 spiro atoms. The van der Waals surface area contributed by atoms with Gasteiger partial charge in [-0.05, 0) is 42.3 Å². The molecular weight excluding hydrogens is 269 g/mol. The van der Waals surface area contributed by atoms with Crippen molar-refractivity contribution >= 4 is 0 Å². The minimum atomic E-state index is -1.55. The van der Waals surface area contributed by atoms with Crippen LogP contribution < -0.4 is 4.74 Å². The van der Waals surface area contributed by atoms with Gasteiger partial charge in [0.25, 0.3) is 0 Å². The number of halogens is 3. The normalized spacial score (nSPS) is 12.2. The highest BCUT2D eigenvalue weighted by Gasteiger charge is 2.17. The van der Waals surface area contributed by atoms with E-state index in [1.165, 1.54) is 0 Å². The summed E-state index contributed by atoms with van der Waals surface area (Å²) < 4.78 is 44.4. The fourth-order valence-corrected chi connectivity index (χ4v) is 1.84. The summed E-state index contributed by atoms with van der Waals surface area (Å²) in [6.07, 6.45) is -1.24. The van der Waals surface area contributed by atoms with Crippen molar-refractivity contribution in [3.63, 3.8) is 0 Å². The zero-order valence-corrected chi connectivity index (χ0v) is 10.7. The van der Waals surface area contributed by atoms with Gasteiger partial charge in [0.2, 0.25) is 0 Å². The summed E-state index contributed by atoms with van der Waals surface area (Å²) in [7, 11) is 0. The summed E-state index contributed by atoms with van der Waals surface area (Å²) in [5.41, 5.74) is 0.379. The SMILES string of the molecule is CCOc1ccc(C(O)c2cc(F)c(F)c(F)c2)cc1. The third-order valence-corrected chi connectivity index (χ3v) is 2.83. The molecule has 1 atom stereocenters. The fourth-order valence-electron chi connectivity index (χ4n) is 1.84. The Morgan fingerprint density at radius 1 is 1.00 bits per heavy atom. The van der Waals surface area contributed by atoms with Crippen molar-refractivity contribution < 1.29 is 23.0 Å². The molecule has 2 nitrogen and oxygen atoms in total. The first-order chi connectivity index (χ1) is 9.52. The van der Waals surface area contributed by atoms with Crippen LogP contribution in [0.3, 0.4) is 0 Å². The quantitative estimate of drug-likeness (QED) is 0.868. The second kappa shape index (κ2) is 5.96. The van der Waals surface area contributed by atoms with E-state index in [0.717, 1.165) is 12.1 Å². The van der Waals surface area contributed by atoms with Gasteiger partial charge in [-0.3, -0.25) is 0 Å². The van der Waals surface area contributed by atoms with E-state index in [1.807, 2.05) is 6.92 Å². The molecule has 2 aromatic rings. The van der Waals surface area contributed by atoms with Gasteiger partial charge in [-0.25, -0.2) is 13.2 Å². The topological polar surface area (TPSA) is 29.5 Å². The largest absolute Gasteiger partial charge is 0.494 e. The molecule has 1 N–H and O–H groups in total. The van der Waals surface area contributed by atoms with Crippen molar-refractivity contribution in [2.24, 2.45) is 0 Å². The molecule has 0 aromatic heterocycles. The number of aliphatic hydroxyl groups excluding tert-OH is 1. The molecule has 0 fully saturated rings. The molecule has 20 heavy (non-hydrogen) atoms. The summed E-state index contributed by atoms with van der Waals surface area (Å²) in [5.74, 6) is -3.58. The van der Waals surface area contributed by atoms with Crippen molar-refractivity contribution in [1.29, 1.82) is 0 Å². The lowest BCUT2D eigenvalue weighted by molar-refractivity contribution is 0.218. The van der Waals surface area contributed by atoms with Crippen LogP contribution in [-0.2, 0) is 0 Å². The van der Waals surface area contributed by atoms with Gasteiger partial charge in [0.1, 0.15) is 11.9 Å². The van der Waals surface area contributed by atoms with Crippen LogP contribution >= 0.6 is 0 Å². The van der Waals surface area contributed by atoms with Gasteiger partial charge < -0.3 is 9.84 Å². The third kappa shape index (κ3) is 2.93. The van der Waals surface area contributed by atoms with Crippen LogP contribution in [0.15, 0.2) is 36.4 Å². The first-order valence-corrected chi connectivity index (χ1v) is 6.08. The highest BCUT2D eigenvalue weighted by molar-refractivity contribution is 5.34. The molecule has 0 amide bonds. The Hall–Kier alpha value is -2.01. The van der Waals surface area contributed by atoms with Crippen LogP contribution in [0.1, 0.15) is 24.2 Å². The lowest BCUT2D eigenvalue weighted by Crippen LogP contribution is -2.03. The molecule has 0 aliphatic rings. The summed E-state index contributed by atoms with van der Waals surface area (Å²) in [6, 6.07) is 7.99. The predicted octanol–water partition coefficient (Wildman–Crippen LogP) is 3.58. The average molecular weight is 282 g/mol. The Labute approximate surface area is 114 Å². The smallest absolute Gasteiger partial charge is 0.194 e. The van der Waals surface area contributed by atoms with Gasteiger partial charge in [0, 0.05) is 0 Å². The molecule has 0 radical (unpaired) electrons. The third-order valence-electron chi connectivity index (χ3n) is 2.83. The van der Waals surface area contributed by atoms with Crippen molar-refractivity contribution in [1.82, 2.24) is 0 Å². The van der Waals surface area contributed by atoms with Gasteiger partial charge in [0.05, 0.1) is 6.61 Å². The van der Waals surface area contributed by atoms with E-state index in [4.69, 9.17) is 4.74 Å². The van der Waals surface area contributed by atoms with Gasteiger partial charge >= 0.3 is 0 Å². The number of benzene rings is 2. The molecule has 5 heteroatoms. The van der Waals surface area contributed by atoms with Crippen molar-refractivity contribution in [3.8, 4) is 5.75 Å². The van der Waals surface area contributed by atoms with Crippen LogP contribution in [0.4, 0.5) is 13.2 Å². The lowest BCUT2D eigenvalue weighted by Gasteiger charge is -2.13. The Kier molecular flexibility index (Phi) is 4.29. The molecular formula is C15H13F3O2. The number of hydrogen-bond donors (Lipinski definition) is 1. The Bertz CT molecular complexity index is 574. The second-order valence-corrected chi connectivity index (χ2v) is 4.20. The molecule has 0 aliphatic carbocycles. The van der Waals surface area contributed by atoms with E-state index < -0.39 is 23.6 Å². The highest BCUT2D eigenvalue weighted by atomic mass is 19.2. The monoisotopic (exact) mass is 282 g/mol. The van der Waals surface area contributed by atoms with Crippen molar-refractivity contribution in [2.75, 3.05) is 6.61 Å². The second-order valence-electron chi connectivity index (χ2n) is 4.20. The molecule has 0 saturated heterocycles. The van der Waals surface area contributed by atoms with E-state index >= 15 is 0 Å². The summed E-state index contributed by atoms with van der Waals surface area (Å²) in [6.45, 7) is 2.35. The Balaban J connectivity index is 2.28. The molecule has 2 rings (SSSR count). The van der Waals surface area contributed by atoms with E-state index in [1.54, 1.807) is 24.3 Å². The minimum absolute atomic E-state index is 0.0504. The first kappa shape index (κ1) is 14.4. The zero-order chi connectivity index (χ0) is 14.7. The van der Waals surface area contributed by atoms with Gasteiger partial charge in [0.15, 0.2) is 17.5 Å². The number of ether oxygens (including phenoxy) is 1. The van der Waals surface area contributed by atoms with E-state index in [-0.39, 0.29) is 5.56 Å². The van der Waals surface area contributed by atoms with Crippen molar-refractivity contribution in [2.45, 2.75) is 13.0 Å². The molecule has 0 heterocycles. The summed E-state index contributed by atoms with van der Waals surface area (Å²) in [4.78, 5) is 0. The molecule has 1 unspecified atom stereocenters. The van der Waals surface area contributed by atoms with Gasteiger partial charge in [-0.2, -0.15) is 0 Å². The summed E-state index contributed by atoms with van der Waals surface area (Å²) >= 11 is 0. The number of rotatable bonds is 4. The molecule has 0 saturated carbocycles. The van der Waals surface area contributed by atoms with Gasteiger partial charge in [-0.1, -0.05) is 12.1 Å².